The number of fused-ring (bicyclic) bond motifs is 1. The summed E-state index contributed by atoms with van der Waals surface area (Å²) in [5.74, 6) is 1.29. The molecule has 1 aliphatic rings. The van der Waals surface area contributed by atoms with Gasteiger partial charge in [0.05, 0.1) is 11.1 Å². The number of nitrogens with zero attached hydrogens (tertiary/aromatic N) is 2. The SMILES string of the molecule is Cc1cc(N2C[C@H](C)C[C@@H](C)C2)nc2ccc(NC(=O)CCC(=O)Nc3cccc(C(F)(F)F)c3)cc12. The highest BCUT2D eigenvalue weighted by Gasteiger charge is 2.30. The Morgan fingerprint density at radius 3 is 2.19 bits per heavy atom. The fraction of sp³-hybridized carbons (Fsp3) is 0.393. The second-order valence-corrected chi connectivity index (χ2v) is 10.1. The van der Waals surface area contributed by atoms with E-state index in [0.29, 0.717) is 17.5 Å². The minimum atomic E-state index is -4.50. The summed E-state index contributed by atoms with van der Waals surface area (Å²) in [7, 11) is 0. The summed E-state index contributed by atoms with van der Waals surface area (Å²) in [6.45, 7) is 8.52. The molecular weight excluding hydrogens is 481 g/mol. The van der Waals surface area contributed by atoms with Gasteiger partial charge in [-0.05, 0) is 73.2 Å². The molecule has 37 heavy (non-hydrogen) atoms. The van der Waals surface area contributed by atoms with Gasteiger partial charge in [-0.1, -0.05) is 19.9 Å². The molecule has 0 bridgehead atoms. The smallest absolute Gasteiger partial charge is 0.356 e. The third-order valence-electron chi connectivity index (χ3n) is 6.53. The van der Waals surface area contributed by atoms with Gasteiger partial charge in [-0.15, -0.1) is 0 Å². The van der Waals surface area contributed by atoms with E-state index in [-0.39, 0.29) is 24.4 Å². The Bertz CT molecular complexity index is 1300. The fourth-order valence-electron chi connectivity index (χ4n) is 4.91. The van der Waals surface area contributed by atoms with Crippen LogP contribution in [0.1, 0.15) is 44.2 Å². The minimum Gasteiger partial charge on any atom is -0.356 e. The Morgan fingerprint density at radius 2 is 1.57 bits per heavy atom. The normalized spacial score (nSPS) is 18.1. The average molecular weight is 513 g/mol. The number of amides is 2. The van der Waals surface area contributed by atoms with E-state index in [1.807, 2.05) is 19.1 Å². The van der Waals surface area contributed by atoms with Crippen molar-refractivity contribution in [2.24, 2.45) is 11.8 Å². The van der Waals surface area contributed by atoms with E-state index in [0.717, 1.165) is 47.5 Å². The number of piperidine rings is 1. The van der Waals surface area contributed by atoms with E-state index in [4.69, 9.17) is 4.98 Å². The quantitative estimate of drug-likeness (QED) is 0.401. The number of carbonyl (C=O) groups is 2. The summed E-state index contributed by atoms with van der Waals surface area (Å²) >= 11 is 0. The van der Waals surface area contributed by atoms with Crippen LogP contribution in [0.25, 0.3) is 10.9 Å². The maximum absolute atomic E-state index is 12.9. The van der Waals surface area contributed by atoms with Crippen LogP contribution < -0.4 is 15.5 Å². The predicted octanol–water partition coefficient (Wildman–Crippen LogP) is 6.40. The van der Waals surface area contributed by atoms with Gasteiger partial charge < -0.3 is 15.5 Å². The van der Waals surface area contributed by atoms with Crippen LogP contribution in [0.5, 0.6) is 0 Å². The molecule has 1 fully saturated rings. The van der Waals surface area contributed by atoms with Gasteiger partial charge in [0.15, 0.2) is 0 Å². The van der Waals surface area contributed by atoms with E-state index in [9.17, 15) is 22.8 Å². The molecule has 0 saturated carbocycles. The van der Waals surface area contributed by atoms with E-state index >= 15 is 0 Å². The third-order valence-corrected chi connectivity index (χ3v) is 6.53. The van der Waals surface area contributed by atoms with Gasteiger partial charge in [-0.3, -0.25) is 9.59 Å². The first-order valence-corrected chi connectivity index (χ1v) is 12.4. The number of benzene rings is 2. The van der Waals surface area contributed by atoms with Crippen LogP contribution in [0.2, 0.25) is 0 Å². The first-order valence-electron chi connectivity index (χ1n) is 12.4. The van der Waals surface area contributed by atoms with Crippen LogP contribution in [-0.2, 0) is 15.8 Å². The Kier molecular flexibility index (Phi) is 7.71. The number of aromatic nitrogens is 1. The predicted molar refractivity (Wildman–Crippen MR) is 140 cm³/mol. The summed E-state index contributed by atoms with van der Waals surface area (Å²) in [6.07, 6.45) is -3.55. The van der Waals surface area contributed by atoms with Crippen molar-refractivity contribution in [2.45, 2.75) is 46.2 Å². The van der Waals surface area contributed by atoms with Gasteiger partial charge in [0.25, 0.3) is 0 Å². The molecule has 0 aliphatic carbocycles. The van der Waals surface area contributed by atoms with E-state index in [1.165, 1.54) is 18.6 Å². The van der Waals surface area contributed by atoms with Crippen LogP contribution in [0.15, 0.2) is 48.5 Å². The molecule has 1 aliphatic heterocycles. The van der Waals surface area contributed by atoms with Crippen molar-refractivity contribution >= 4 is 39.9 Å². The number of pyridine rings is 1. The number of hydrogen-bond donors (Lipinski definition) is 2. The summed E-state index contributed by atoms with van der Waals surface area (Å²) in [4.78, 5) is 31.8. The second-order valence-electron chi connectivity index (χ2n) is 10.1. The standard InChI is InChI=1S/C28H31F3N4O2/c1-17-11-18(2)16-35(15-17)25-12-19(3)23-14-22(7-8-24(23)34-25)33-27(37)10-9-26(36)32-21-6-4-5-20(13-21)28(29,30)31/h4-8,12-14,17-18H,9-11,15-16H2,1-3H3,(H,32,36)(H,33,37)/t17-,18-/m1/s1. The molecule has 4 rings (SSSR count). The molecule has 2 heterocycles. The van der Waals surface area contributed by atoms with Gasteiger partial charge in [0.1, 0.15) is 5.82 Å². The molecule has 3 aromatic rings. The van der Waals surface area contributed by atoms with Crippen LogP contribution in [0.3, 0.4) is 0 Å². The molecule has 0 radical (unpaired) electrons. The number of nitrogens with one attached hydrogen (secondary N) is 2. The monoisotopic (exact) mass is 512 g/mol. The molecule has 2 aromatic carbocycles. The van der Waals surface area contributed by atoms with E-state index in [1.54, 1.807) is 6.07 Å². The van der Waals surface area contributed by atoms with Crippen molar-refractivity contribution in [1.82, 2.24) is 4.98 Å². The zero-order valence-electron chi connectivity index (χ0n) is 21.2. The van der Waals surface area contributed by atoms with Crippen LogP contribution in [-0.4, -0.2) is 29.9 Å². The Morgan fingerprint density at radius 1 is 0.946 bits per heavy atom. The van der Waals surface area contributed by atoms with Crippen molar-refractivity contribution < 1.29 is 22.8 Å². The third kappa shape index (κ3) is 6.78. The molecular formula is C28H31F3N4O2. The van der Waals surface area contributed by atoms with E-state index in [2.05, 4.69) is 35.4 Å². The average Bonchev–Trinajstić information content (AvgIpc) is 2.82. The largest absolute Gasteiger partial charge is 0.416 e. The number of aryl methyl sites for hydroxylation is 1. The molecule has 9 heteroatoms. The summed E-state index contributed by atoms with van der Waals surface area (Å²) < 4.78 is 38.6. The Balaban J connectivity index is 1.36. The Labute approximate surface area is 214 Å². The van der Waals surface area contributed by atoms with Crippen molar-refractivity contribution in [3.63, 3.8) is 0 Å². The van der Waals surface area contributed by atoms with Crippen LogP contribution >= 0.6 is 0 Å². The molecule has 1 saturated heterocycles. The number of anilines is 3. The summed E-state index contributed by atoms with van der Waals surface area (Å²) in [5.41, 5.74) is 1.68. The first-order chi connectivity index (χ1) is 17.5. The van der Waals surface area contributed by atoms with Crippen molar-refractivity contribution in [3.8, 4) is 0 Å². The minimum absolute atomic E-state index is 0.0329. The van der Waals surface area contributed by atoms with Crippen molar-refractivity contribution in [2.75, 3.05) is 28.6 Å². The van der Waals surface area contributed by atoms with Gasteiger partial charge in [-0.2, -0.15) is 13.2 Å². The van der Waals surface area contributed by atoms with Gasteiger partial charge >= 0.3 is 6.18 Å². The number of alkyl halides is 3. The highest BCUT2D eigenvalue weighted by molar-refractivity contribution is 5.98. The lowest BCUT2D eigenvalue weighted by molar-refractivity contribution is -0.137. The number of halogens is 3. The zero-order chi connectivity index (χ0) is 26.7. The van der Waals surface area contributed by atoms with Crippen molar-refractivity contribution in [3.05, 3.63) is 59.7 Å². The molecule has 2 amide bonds. The lowest BCUT2D eigenvalue weighted by Gasteiger charge is -2.36. The molecule has 2 N–H and O–H groups in total. The highest BCUT2D eigenvalue weighted by atomic mass is 19.4. The molecule has 0 unspecified atom stereocenters. The lowest BCUT2D eigenvalue weighted by atomic mass is 9.92. The topological polar surface area (TPSA) is 74.3 Å². The van der Waals surface area contributed by atoms with Crippen LogP contribution in [0, 0.1) is 18.8 Å². The van der Waals surface area contributed by atoms with Gasteiger partial charge in [-0.25, -0.2) is 4.98 Å². The maximum Gasteiger partial charge on any atom is 0.416 e. The molecule has 6 nitrogen and oxygen atoms in total. The first kappa shape index (κ1) is 26.4. The fourth-order valence-corrected chi connectivity index (χ4v) is 4.91. The second kappa shape index (κ2) is 10.8. The Hall–Kier alpha value is -3.62. The number of carbonyl (C=O) groups excluding carboxylic acids is 2. The molecule has 0 spiro atoms. The number of rotatable bonds is 6. The molecule has 2 atom stereocenters. The van der Waals surface area contributed by atoms with Crippen molar-refractivity contribution in [1.29, 1.82) is 0 Å². The van der Waals surface area contributed by atoms with Gasteiger partial charge in [0.2, 0.25) is 11.8 Å². The lowest BCUT2D eigenvalue weighted by Crippen LogP contribution is -2.39. The highest BCUT2D eigenvalue weighted by Crippen LogP contribution is 2.31. The van der Waals surface area contributed by atoms with Gasteiger partial charge in [0, 0.05) is 42.7 Å². The summed E-state index contributed by atoms with van der Waals surface area (Å²) in [5, 5.41) is 6.14. The molecule has 1 aromatic heterocycles. The van der Waals surface area contributed by atoms with Crippen LogP contribution in [0.4, 0.5) is 30.4 Å². The zero-order valence-corrected chi connectivity index (χ0v) is 21.2. The molecule has 196 valence electrons. The van der Waals surface area contributed by atoms with E-state index < -0.39 is 17.6 Å². The maximum atomic E-state index is 12.9. The summed E-state index contributed by atoms with van der Waals surface area (Å²) in [6, 6.07) is 12.0. The number of hydrogen-bond acceptors (Lipinski definition) is 4.